The van der Waals surface area contributed by atoms with Crippen molar-refractivity contribution in [3.63, 3.8) is 0 Å². The molecule has 0 aliphatic heterocycles. The van der Waals surface area contributed by atoms with Gasteiger partial charge in [0.2, 0.25) is 0 Å². The van der Waals surface area contributed by atoms with E-state index in [0.29, 0.717) is 0 Å². The van der Waals surface area contributed by atoms with Crippen LogP contribution in [0.15, 0.2) is 0 Å². The molecule has 0 aliphatic rings. The molecular weight excluding hydrogens is 282 g/mol. The fourth-order valence-electron chi connectivity index (χ4n) is 0.469. The second-order valence-electron chi connectivity index (χ2n) is 2.19. The third kappa shape index (κ3) is 3.53. The third-order valence-electron chi connectivity index (χ3n) is 0.952. The predicted molar refractivity (Wildman–Crippen MR) is 39.1 cm³/mol. The van der Waals surface area contributed by atoms with Crippen molar-refractivity contribution < 1.29 is 22.0 Å². The van der Waals surface area contributed by atoms with Gasteiger partial charge in [-0.1, -0.05) is 29.5 Å². The van der Waals surface area contributed by atoms with Crippen LogP contribution in [0.2, 0.25) is 0 Å². The van der Waals surface area contributed by atoms with E-state index in [4.69, 9.17) is 0 Å². The smallest absolute Gasteiger partial charge is 0.196 e. The van der Waals surface area contributed by atoms with Gasteiger partial charge in [0, 0.05) is 10.3 Å². The molecule has 0 fully saturated rings. The second kappa shape index (κ2) is 3.40. The molecule has 0 aromatic carbocycles. The molecule has 0 saturated carbocycles. The van der Waals surface area contributed by atoms with Gasteiger partial charge in [-0.3, -0.25) is 0 Å². The van der Waals surface area contributed by atoms with Crippen LogP contribution in [0.4, 0.5) is 22.0 Å². The van der Waals surface area contributed by atoms with Crippen molar-refractivity contribution in [2.24, 2.45) is 0 Å². The van der Waals surface area contributed by atoms with Gasteiger partial charge in [-0.15, -0.1) is 0 Å². The summed E-state index contributed by atoms with van der Waals surface area (Å²) >= 11 is 1.53. The van der Waals surface area contributed by atoms with E-state index >= 15 is 0 Å². The number of halogens is 6. The Balaban J connectivity index is 4.22. The minimum atomic E-state index is -5.41. The summed E-state index contributed by atoms with van der Waals surface area (Å²) in [6.07, 6.45) is -6.57. The summed E-state index contributed by atoms with van der Waals surface area (Å²) < 4.78 is 57.7. The normalized spacial score (nSPS) is 16.6. The maximum atomic E-state index is 12.1. The minimum Gasteiger partial charge on any atom is -0.196 e. The van der Waals surface area contributed by atoms with Gasteiger partial charge in [-0.2, -0.15) is 22.0 Å². The van der Waals surface area contributed by atoms with Crippen LogP contribution in [-0.2, 0) is 0 Å². The Morgan fingerprint density at radius 1 is 1.18 bits per heavy atom. The molecule has 1 atom stereocenters. The van der Waals surface area contributed by atoms with Gasteiger partial charge in [0.1, 0.15) is 0 Å². The van der Waals surface area contributed by atoms with Crippen LogP contribution in [0.1, 0.15) is 13.3 Å². The first-order valence-corrected chi connectivity index (χ1v) is 4.00. The van der Waals surface area contributed by atoms with E-state index in [2.05, 4.69) is 0 Å². The van der Waals surface area contributed by atoms with E-state index in [9.17, 15) is 22.0 Å². The zero-order valence-electron chi connectivity index (χ0n) is 5.55. The van der Waals surface area contributed by atoms with Crippen molar-refractivity contribution in [2.45, 2.75) is 29.4 Å². The van der Waals surface area contributed by atoms with Crippen LogP contribution < -0.4 is 0 Å². The van der Waals surface area contributed by atoms with Gasteiger partial charge < -0.3 is 0 Å². The maximum absolute atomic E-state index is 12.1. The number of alkyl halides is 6. The first-order valence-electron chi connectivity index (χ1n) is 2.75. The standard InChI is InChI=1S/C5H6F5I/c1-3(11)2-4(6,7)5(8,9)10/h3H,2H2,1H3/t3-/m0/s1. The molecule has 0 saturated heterocycles. The molecule has 0 radical (unpaired) electrons. The molecule has 0 bridgehead atoms. The second-order valence-corrected chi connectivity index (χ2v) is 4.31. The average Bonchev–Trinajstić information content (AvgIpc) is 1.56. The fraction of sp³-hybridized carbons (Fsp3) is 1.00. The quantitative estimate of drug-likeness (QED) is 0.415. The van der Waals surface area contributed by atoms with Crippen LogP contribution in [0.25, 0.3) is 0 Å². The van der Waals surface area contributed by atoms with Crippen LogP contribution in [0, 0.1) is 0 Å². The Morgan fingerprint density at radius 3 is 1.64 bits per heavy atom. The highest BCUT2D eigenvalue weighted by Crippen LogP contribution is 2.39. The monoisotopic (exact) mass is 288 g/mol. The molecule has 0 aromatic heterocycles. The van der Waals surface area contributed by atoms with E-state index < -0.39 is 22.4 Å². The Bertz CT molecular complexity index is 127. The van der Waals surface area contributed by atoms with Crippen LogP contribution in [-0.4, -0.2) is 16.0 Å². The van der Waals surface area contributed by atoms with Gasteiger partial charge >= 0.3 is 12.1 Å². The third-order valence-corrected chi connectivity index (χ3v) is 1.39. The molecule has 0 unspecified atom stereocenters. The van der Waals surface area contributed by atoms with Gasteiger partial charge in [-0.05, 0) is 0 Å². The molecule has 0 aromatic rings. The molecule has 0 rings (SSSR count). The largest absolute Gasteiger partial charge is 0.453 e. The average molecular weight is 288 g/mol. The highest BCUT2D eigenvalue weighted by molar-refractivity contribution is 14.1. The highest BCUT2D eigenvalue weighted by atomic mass is 127. The molecule has 0 heterocycles. The van der Waals surface area contributed by atoms with E-state index in [0.717, 1.165) is 0 Å². The zero-order valence-corrected chi connectivity index (χ0v) is 7.71. The van der Waals surface area contributed by atoms with Crippen molar-refractivity contribution >= 4 is 22.6 Å². The van der Waals surface area contributed by atoms with Crippen LogP contribution in [0.5, 0.6) is 0 Å². The fourth-order valence-corrected chi connectivity index (χ4v) is 1.02. The first kappa shape index (κ1) is 11.4. The first-order chi connectivity index (χ1) is 4.67. The van der Waals surface area contributed by atoms with E-state index in [1.165, 1.54) is 29.5 Å². The Morgan fingerprint density at radius 2 is 1.55 bits per heavy atom. The summed E-state index contributed by atoms with van der Waals surface area (Å²) in [7, 11) is 0. The molecule has 0 spiro atoms. The van der Waals surface area contributed by atoms with E-state index in [1.54, 1.807) is 0 Å². The Labute approximate surface area is 74.3 Å². The molecular formula is C5H6F5I. The molecule has 6 heteroatoms. The maximum Gasteiger partial charge on any atom is 0.453 e. The van der Waals surface area contributed by atoms with Crippen molar-refractivity contribution in [3.05, 3.63) is 0 Å². The molecule has 0 amide bonds. The molecule has 0 aliphatic carbocycles. The molecule has 0 N–H and O–H groups in total. The molecule has 68 valence electrons. The van der Waals surface area contributed by atoms with E-state index in [-0.39, 0.29) is 0 Å². The summed E-state index contributed by atoms with van der Waals surface area (Å²) in [4.78, 5) is 0. The lowest BCUT2D eigenvalue weighted by molar-refractivity contribution is -0.283. The number of hydrogen-bond donors (Lipinski definition) is 0. The summed E-state index contributed by atoms with van der Waals surface area (Å²) in [5.41, 5.74) is 0. The summed E-state index contributed by atoms with van der Waals surface area (Å²) in [6, 6.07) is 0. The lowest BCUT2D eigenvalue weighted by Crippen LogP contribution is -2.37. The number of hydrogen-bond acceptors (Lipinski definition) is 0. The number of rotatable bonds is 2. The Hall–Kier alpha value is 0.380. The summed E-state index contributed by atoms with van der Waals surface area (Å²) in [5.74, 6) is -4.55. The topological polar surface area (TPSA) is 0 Å². The van der Waals surface area contributed by atoms with Gasteiger partial charge in [0.15, 0.2) is 0 Å². The van der Waals surface area contributed by atoms with Crippen molar-refractivity contribution in [2.75, 3.05) is 0 Å². The predicted octanol–water partition coefficient (Wildman–Crippen LogP) is 3.40. The van der Waals surface area contributed by atoms with Crippen molar-refractivity contribution in [1.82, 2.24) is 0 Å². The van der Waals surface area contributed by atoms with Crippen molar-refractivity contribution in [1.29, 1.82) is 0 Å². The summed E-state index contributed by atoms with van der Waals surface area (Å²) in [5, 5.41) is 0. The van der Waals surface area contributed by atoms with Crippen LogP contribution >= 0.6 is 22.6 Å². The highest BCUT2D eigenvalue weighted by Gasteiger charge is 2.57. The molecule has 11 heavy (non-hydrogen) atoms. The lowest BCUT2D eigenvalue weighted by atomic mass is 10.2. The van der Waals surface area contributed by atoms with E-state index in [1.807, 2.05) is 0 Å². The van der Waals surface area contributed by atoms with Crippen molar-refractivity contribution in [3.8, 4) is 0 Å². The SMILES string of the molecule is C[C@H](I)CC(F)(F)C(F)(F)F. The van der Waals surface area contributed by atoms with Gasteiger partial charge in [-0.25, -0.2) is 0 Å². The van der Waals surface area contributed by atoms with Gasteiger partial charge in [0.05, 0.1) is 0 Å². The van der Waals surface area contributed by atoms with Gasteiger partial charge in [0.25, 0.3) is 0 Å². The minimum absolute atomic E-state index is 0.691. The Kier molecular flexibility index (Phi) is 3.52. The van der Waals surface area contributed by atoms with Crippen LogP contribution in [0.3, 0.4) is 0 Å². The zero-order chi connectivity index (χ0) is 9.28. The lowest BCUT2D eigenvalue weighted by Gasteiger charge is -2.20. The summed E-state index contributed by atoms with van der Waals surface area (Å²) in [6.45, 7) is 1.31. The molecule has 0 nitrogen and oxygen atoms in total.